The van der Waals surface area contributed by atoms with Gasteiger partial charge < -0.3 is 5.32 Å². The van der Waals surface area contributed by atoms with E-state index >= 15 is 0 Å². The average molecular weight is 393 g/mol. The van der Waals surface area contributed by atoms with E-state index in [1.54, 1.807) is 39.9 Å². The standard InChI is InChI=1S/C19H24N2O3S2/c1-14-7-12-19(25-14)18-6-4-3-5-13-21(18)26(23,24)17-10-8-16(9-11-17)20-15(2)22/h7-12,18H,3-6,13H2,1-2H3,(H,20,22). The minimum absolute atomic E-state index is 0.101. The van der Waals surface area contributed by atoms with Gasteiger partial charge in [-0.1, -0.05) is 12.8 Å². The molecule has 1 amide bonds. The number of nitrogens with zero attached hydrogens (tertiary/aromatic N) is 1. The van der Waals surface area contributed by atoms with E-state index in [4.69, 9.17) is 0 Å². The smallest absolute Gasteiger partial charge is 0.243 e. The van der Waals surface area contributed by atoms with Crippen LogP contribution in [0.15, 0.2) is 41.3 Å². The fourth-order valence-corrected chi connectivity index (χ4v) is 6.10. The molecule has 2 aromatic rings. The minimum atomic E-state index is -3.59. The molecule has 0 aliphatic carbocycles. The van der Waals surface area contributed by atoms with Crippen molar-refractivity contribution in [2.75, 3.05) is 11.9 Å². The van der Waals surface area contributed by atoms with E-state index in [9.17, 15) is 13.2 Å². The van der Waals surface area contributed by atoms with Gasteiger partial charge in [0.15, 0.2) is 0 Å². The molecule has 0 bridgehead atoms. The molecular formula is C19H24N2O3S2. The summed E-state index contributed by atoms with van der Waals surface area (Å²) < 4.78 is 28.3. The highest BCUT2D eigenvalue weighted by Crippen LogP contribution is 2.37. The summed E-state index contributed by atoms with van der Waals surface area (Å²) in [6.45, 7) is 4.01. The van der Waals surface area contributed by atoms with Crippen LogP contribution in [0.4, 0.5) is 5.69 Å². The van der Waals surface area contributed by atoms with Crippen LogP contribution in [0.2, 0.25) is 0 Å². The van der Waals surface area contributed by atoms with Crippen LogP contribution in [0.5, 0.6) is 0 Å². The summed E-state index contributed by atoms with van der Waals surface area (Å²) in [6.07, 6.45) is 3.82. The molecule has 3 rings (SSSR count). The van der Waals surface area contributed by atoms with Gasteiger partial charge in [-0.25, -0.2) is 8.42 Å². The monoisotopic (exact) mass is 392 g/mol. The minimum Gasteiger partial charge on any atom is -0.326 e. The van der Waals surface area contributed by atoms with Gasteiger partial charge in [0.05, 0.1) is 10.9 Å². The van der Waals surface area contributed by atoms with Crippen molar-refractivity contribution in [1.29, 1.82) is 0 Å². The zero-order valence-electron chi connectivity index (χ0n) is 15.1. The Bertz CT molecular complexity index is 872. The first-order chi connectivity index (χ1) is 12.4. The summed E-state index contributed by atoms with van der Waals surface area (Å²) in [7, 11) is -3.59. The zero-order valence-corrected chi connectivity index (χ0v) is 16.7. The number of rotatable bonds is 4. The first-order valence-electron chi connectivity index (χ1n) is 8.84. The van der Waals surface area contributed by atoms with Crippen LogP contribution < -0.4 is 5.32 Å². The lowest BCUT2D eigenvalue weighted by Crippen LogP contribution is -2.34. The maximum atomic E-state index is 13.3. The Hall–Kier alpha value is -1.70. The molecule has 1 atom stereocenters. The van der Waals surface area contributed by atoms with Crippen molar-refractivity contribution in [3.05, 3.63) is 46.2 Å². The maximum Gasteiger partial charge on any atom is 0.243 e. The quantitative estimate of drug-likeness (QED) is 0.842. The van der Waals surface area contributed by atoms with Gasteiger partial charge in [0.1, 0.15) is 0 Å². The van der Waals surface area contributed by atoms with E-state index < -0.39 is 10.0 Å². The van der Waals surface area contributed by atoms with E-state index in [2.05, 4.69) is 17.4 Å². The Labute approximate surface area is 159 Å². The van der Waals surface area contributed by atoms with Gasteiger partial charge in [0.25, 0.3) is 0 Å². The zero-order chi connectivity index (χ0) is 18.7. The molecule has 1 unspecified atom stereocenters. The molecule has 2 heterocycles. The summed E-state index contributed by atoms with van der Waals surface area (Å²) in [5, 5.41) is 2.66. The molecule has 1 aromatic carbocycles. The number of sulfonamides is 1. The fraction of sp³-hybridized carbons (Fsp3) is 0.421. The number of aryl methyl sites for hydroxylation is 1. The highest BCUT2D eigenvalue weighted by molar-refractivity contribution is 7.89. The van der Waals surface area contributed by atoms with Crippen LogP contribution in [0.25, 0.3) is 0 Å². The van der Waals surface area contributed by atoms with Gasteiger partial charge in [0.2, 0.25) is 15.9 Å². The van der Waals surface area contributed by atoms with E-state index in [1.165, 1.54) is 11.8 Å². The number of amides is 1. The fourth-order valence-electron chi connectivity index (χ4n) is 3.34. The normalized spacial score (nSPS) is 19.1. The summed E-state index contributed by atoms with van der Waals surface area (Å²) in [6, 6.07) is 10.4. The third kappa shape index (κ3) is 4.16. The van der Waals surface area contributed by atoms with Gasteiger partial charge >= 0.3 is 0 Å². The van der Waals surface area contributed by atoms with Crippen LogP contribution in [0.1, 0.15) is 48.4 Å². The lowest BCUT2D eigenvalue weighted by Gasteiger charge is -2.28. The summed E-state index contributed by atoms with van der Waals surface area (Å²) >= 11 is 1.67. The summed E-state index contributed by atoms with van der Waals surface area (Å²) in [5.41, 5.74) is 0.595. The number of anilines is 1. The molecule has 1 aliphatic rings. The number of carbonyl (C=O) groups is 1. The molecule has 1 saturated heterocycles. The van der Waals surface area contributed by atoms with Gasteiger partial charge in [-0.2, -0.15) is 4.31 Å². The van der Waals surface area contributed by atoms with Gasteiger partial charge in [-0.05, 0) is 56.2 Å². The molecule has 140 valence electrons. The highest BCUT2D eigenvalue weighted by Gasteiger charge is 2.34. The Morgan fingerprint density at radius 3 is 2.46 bits per heavy atom. The molecule has 0 radical (unpaired) electrons. The second-order valence-electron chi connectivity index (χ2n) is 6.63. The second kappa shape index (κ2) is 7.90. The van der Waals surface area contributed by atoms with Crippen LogP contribution >= 0.6 is 11.3 Å². The molecule has 5 nitrogen and oxygen atoms in total. The topological polar surface area (TPSA) is 66.5 Å². The van der Waals surface area contributed by atoms with Crippen molar-refractivity contribution in [2.45, 2.75) is 50.5 Å². The summed E-state index contributed by atoms with van der Waals surface area (Å²) in [4.78, 5) is 13.7. The molecule has 26 heavy (non-hydrogen) atoms. The van der Waals surface area contributed by atoms with E-state index in [0.717, 1.165) is 30.6 Å². The van der Waals surface area contributed by atoms with Crippen LogP contribution in [-0.4, -0.2) is 25.2 Å². The van der Waals surface area contributed by atoms with Crippen LogP contribution in [0, 0.1) is 6.92 Å². The number of thiophene rings is 1. The molecule has 1 aliphatic heterocycles. The molecule has 1 aromatic heterocycles. The van der Waals surface area contributed by atoms with Gasteiger partial charge in [-0.15, -0.1) is 11.3 Å². The Morgan fingerprint density at radius 1 is 1.12 bits per heavy atom. The first kappa shape index (κ1) is 19.1. The van der Waals surface area contributed by atoms with Gasteiger partial charge in [0, 0.05) is 28.9 Å². The van der Waals surface area contributed by atoms with Crippen molar-refractivity contribution in [1.82, 2.24) is 4.31 Å². The van der Waals surface area contributed by atoms with E-state index in [0.29, 0.717) is 12.2 Å². The number of hydrogen-bond acceptors (Lipinski definition) is 4. The first-order valence-corrected chi connectivity index (χ1v) is 11.1. The predicted octanol–water partition coefficient (Wildman–Crippen LogP) is 4.32. The van der Waals surface area contributed by atoms with E-state index in [1.807, 2.05) is 6.92 Å². The maximum absolute atomic E-state index is 13.3. The second-order valence-corrected chi connectivity index (χ2v) is 9.84. The van der Waals surface area contributed by atoms with Crippen molar-refractivity contribution in [3.8, 4) is 0 Å². The molecule has 7 heteroatoms. The summed E-state index contributed by atoms with van der Waals surface area (Å²) in [5.74, 6) is -0.179. The number of carbonyl (C=O) groups excluding carboxylic acids is 1. The number of benzene rings is 1. The molecule has 0 saturated carbocycles. The largest absolute Gasteiger partial charge is 0.326 e. The van der Waals surface area contributed by atoms with Crippen molar-refractivity contribution >= 4 is 33.0 Å². The number of nitrogens with one attached hydrogen (secondary N) is 1. The van der Waals surface area contributed by atoms with Crippen molar-refractivity contribution in [2.24, 2.45) is 0 Å². The molecular weight excluding hydrogens is 368 g/mol. The molecule has 1 N–H and O–H groups in total. The highest BCUT2D eigenvalue weighted by atomic mass is 32.2. The van der Waals surface area contributed by atoms with Gasteiger partial charge in [-0.3, -0.25) is 4.79 Å². The Morgan fingerprint density at radius 2 is 1.85 bits per heavy atom. The van der Waals surface area contributed by atoms with Crippen molar-refractivity contribution in [3.63, 3.8) is 0 Å². The van der Waals surface area contributed by atoms with Crippen LogP contribution in [-0.2, 0) is 14.8 Å². The average Bonchev–Trinajstić information content (AvgIpc) is 2.87. The van der Waals surface area contributed by atoms with E-state index in [-0.39, 0.29) is 16.8 Å². The SMILES string of the molecule is CC(=O)Nc1ccc(S(=O)(=O)N2CCCCCC2c2ccc(C)s2)cc1. The lowest BCUT2D eigenvalue weighted by molar-refractivity contribution is -0.114. The Balaban J connectivity index is 1.92. The predicted molar refractivity (Wildman–Crippen MR) is 105 cm³/mol. The van der Waals surface area contributed by atoms with Crippen molar-refractivity contribution < 1.29 is 13.2 Å². The lowest BCUT2D eigenvalue weighted by atomic mass is 10.1. The van der Waals surface area contributed by atoms with Crippen LogP contribution in [0.3, 0.4) is 0 Å². The third-order valence-corrected chi connectivity index (χ3v) is 7.60. The number of hydrogen-bond donors (Lipinski definition) is 1. The Kier molecular flexibility index (Phi) is 5.79. The molecule has 0 spiro atoms. The molecule has 1 fully saturated rings. The third-order valence-electron chi connectivity index (χ3n) is 4.57.